The van der Waals surface area contributed by atoms with Crippen LogP contribution in [0, 0.1) is 15.9 Å². The second-order valence-electron chi connectivity index (χ2n) is 9.10. The topological polar surface area (TPSA) is 131 Å². The standard InChI is InChI=1S/C26H19F4N3O7/c27-14-4-7-20(33(37)38)19(9-14)31-18-3-1-2-17-21(12-40-24(17)18)32(25(36)26(28,29)30)15-5-6-16-13(8-23(34)35)11-39-22(16)10-15/h1-7,9-10,13,21,31H,8,11-12H2,(H,34,35)/t13-,21+/m1/s1. The molecule has 3 aromatic rings. The lowest BCUT2D eigenvalue weighted by molar-refractivity contribution is -0.384. The van der Waals surface area contributed by atoms with Crippen LogP contribution in [0.25, 0.3) is 0 Å². The maximum atomic E-state index is 13.8. The molecule has 10 nitrogen and oxygen atoms in total. The Labute approximate surface area is 222 Å². The molecule has 0 unspecified atom stereocenters. The van der Waals surface area contributed by atoms with Crippen molar-refractivity contribution in [1.82, 2.24) is 0 Å². The molecule has 0 bridgehead atoms. The predicted octanol–water partition coefficient (Wildman–Crippen LogP) is 5.46. The average molecular weight is 561 g/mol. The number of nitro groups is 1. The van der Waals surface area contributed by atoms with E-state index in [1.807, 2.05) is 0 Å². The van der Waals surface area contributed by atoms with Gasteiger partial charge in [0.15, 0.2) is 0 Å². The van der Waals surface area contributed by atoms with Crippen LogP contribution >= 0.6 is 0 Å². The van der Waals surface area contributed by atoms with Crippen LogP contribution in [0.15, 0.2) is 54.6 Å². The highest BCUT2D eigenvalue weighted by Gasteiger charge is 2.48. The summed E-state index contributed by atoms with van der Waals surface area (Å²) < 4.78 is 66.4. The molecule has 40 heavy (non-hydrogen) atoms. The smallest absolute Gasteiger partial charge is 0.471 e. The number of aliphatic carboxylic acids is 1. The molecule has 5 rings (SSSR count). The Kier molecular flexibility index (Phi) is 6.69. The number of carbonyl (C=O) groups is 2. The molecule has 0 aromatic heterocycles. The van der Waals surface area contributed by atoms with Gasteiger partial charge < -0.3 is 19.9 Å². The van der Waals surface area contributed by atoms with E-state index in [4.69, 9.17) is 14.6 Å². The van der Waals surface area contributed by atoms with E-state index in [1.165, 1.54) is 36.4 Å². The molecular weight excluding hydrogens is 542 g/mol. The zero-order valence-corrected chi connectivity index (χ0v) is 20.3. The Morgan fingerprint density at radius 2 is 1.82 bits per heavy atom. The van der Waals surface area contributed by atoms with Crippen molar-refractivity contribution in [3.63, 3.8) is 0 Å². The highest BCUT2D eigenvalue weighted by atomic mass is 19.4. The second-order valence-corrected chi connectivity index (χ2v) is 9.10. The Hall–Kier alpha value is -4.88. The summed E-state index contributed by atoms with van der Waals surface area (Å²) in [5.74, 6) is -4.29. The van der Waals surface area contributed by atoms with Crippen LogP contribution in [0.3, 0.4) is 0 Å². The second kappa shape index (κ2) is 10.0. The van der Waals surface area contributed by atoms with Crippen LogP contribution in [0.5, 0.6) is 11.5 Å². The molecule has 2 aliphatic rings. The quantitative estimate of drug-likeness (QED) is 0.221. The van der Waals surface area contributed by atoms with Gasteiger partial charge in [-0.25, -0.2) is 4.39 Å². The van der Waals surface area contributed by atoms with Gasteiger partial charge in [0.05, 0.1) is 29.7 Å². The molecule has 2 atom stereocenters. The third-order valence-electron chi connectivity index (χ3n) is 6.56. The van der Waals surface area contributed by atoms with Gasteiger partial charge in [0.25, 0.3) is 5.69 Å². The van der Waals surface area contributed by atoms with Crippen molar-refractivity contribution in [2.75, 3.05) is 23.4 Å². The van der Waals surface area contributed by atoms with E-state index in [0.29, 0.717) is 10.5 Å². The van der Waals surface area contributed by atoms with Crippen molar-refractivity contribution in [1.29, 1.82) is 0 Å². The lowest BCUT2D eigenvalue weighted by atomic mass is 9.97. The van der Waals surface area contributed by atoms with Crippen LogP contribution < -0.4 is 19.7 Å². The summed E-state index contributed by atoms with van der Waals surface area (Å²) in [5.41, 5.74) is -0.0229. The molecule has 2 N–H and O–H groups in total. The van der Waals surface area contributed by atoms with E-state index in [-0.39, 0.29) is 53.8 Å². The Morgan fingerprint density at radius 1 is 1.05 bits per heavy atom. The van der Waals surface area contributed by atoms with Gasteiger partial charge in [-0.2, -0.15) is 13.2 Å². The van der Waals surface area contributed by atoms with Gasteiger partial charge >= 0.3 is 18.1 Å². The van der Waals surface area contributed by atoms with Crippen molar-refractivity contribution in [2.45, 2.75) is 24.6 Å². The summed E-state index contributed by atoms with van der Waals surface area (Å²) >= 11 is 0. The molecule has 2 aliphatic heterocycles. The van der Waals surface area contributed by atoms with Crippen LogP contribution in [0.1, 0.15) is 29.5 Å². The number of ether oxygens (including phenoxy) is 2. The first-order chi connectivity index (χ1) is 18.9. The third-order valence-corrected chi connectivity index (χ3v) is 6.56. The monoisotopic (exact) mass is 561 g/mol. The third kappa shape index (κ3) is 4.95. The number of fused-ring (bicyclic) bond motifs is 2. The van der Waals surface area contributed by atoms with Gasteiger partial charge in [0, 0.05) is 40.9 Å². The predicted molar refractivity (Wildman–Crippen MR) is 131 cm³/mol. The highest BCUT2D eigenvalue weighted by molar-refractivity contribution is 5.98. The fourth-order valence-corrected chi connectivity index (χ4v) is 4.83. The number of rotatable bonds is 7. The molecule has 0 saturated carbocycles. The summed E-state index contributed by atoms with van der Waals surface area (Å²) in [6.07, 6.45) is -5.49. The molecule has 0 saturated heterocycles. The zero-order valence-electron chi connectivity index (χ0n) is 20.3. The normalized spacial score (nSPS) is 17.3. The first-order valence-electron chi connectivity index (χ1n) is 11.8. The number of alkyl halides is 3. The van der Waals surface area contributed by atoms with Crippen molar-refractivity contribution in [3.8, 4) is 11.5 Å². The Bertz CT molecular complexity index is 1530. The summed E-state index contributed by atoms with van der Waals surface area (Å²) in [7, 11) is 0. The number of halogens is 4. The molecule has 0 fully saturated rings. The number of benzene rings is 3. The molecule has 0 aliphatic carbocycles. The number of amides is 1. The van der Waals surface area contributed by atoms with Gasteiger partial charge in [0.2, 0.25) is 0 Å². The van der Waals surface area contributed by atoms with E-state index < -0.39 is 46.4 Å². The van der Waals surface area contributed by atoms with Crippen LogP contribution in [0.4, 0.5) is 40.3 Å². The number of carboxylic acid groups (broad SMARTS) is 1. The molecule has 0 radical (unpaired) electrons. The molecule has 208 valence electrons. The fourth-order valence-electron chi connectivity index (χ4n) is 4.83. The van der Waals surface area contributed by atoms with E-state index in [2.05, 4.69) is 5.32 Å². The van der Waals surface area contributed by atoms with Crippen molar-refractivity contribution < 1.29 is 46.7 Å². The minimum Gasteiger partial charge on any atom is -0.493 e. The van der Waals surface area contributed by atoms with Crippen LogP contribution in [0.2, 0.25) is 0 Å². The van der Waals surface area contributed by atoms with E-state index in [9.17, 15) is 37.3 Å². The average Bonchev–Trinajstić information content (AvgIpc) is 3.48. The fraction of sp³-hybridized carbons (Fsp3) is 0.231. The molecule has 14 heteroatoms. The largest absolute Gasteiger partial charge is 0.493 e. The van der Waals surface area contributed by atoms with Gasteiger partial charge in [-0.05, 0) is 18.2 Å². The van der Waals surface area contributed by atoms with E-state index in [0.717, 1.165) is 18.2 Å². The SMILES string of the molecule is O=C(O)C[C@@H]1COc2cc(N(C(=O)C(F)(F)F)[C@H]3COc4c(Nc5cc(F)ccc5[N+](=O)[O-])cccc43)ccc21. The van der Waals surface area contributed by atoms with Crippen molar-refractivity contribution in [3.05, 3.63) is 81.7 Å². The van der Waals surface area contributed by atoms with Crippen molar-refractivity contribution >= 4 is 34.6 Å². The number of nitrogens with one attached hydrogen (secondary N) is 1. The van der Waals surface area contributed by atoms with Gasteiger partial charge in [-0.1, -0.05) is 18.2 Å². The number of carboxylic acids is 1. The lowest BCUT2D eigenvalue weighted by Crippen LogP contribution is -2.44. The van der Waals surface area contributed by atoms with Gasteiger partial charge in [-0.15, -0.1) is 0 Å². The van der Waals surface area contributed by atoms with E-state index >= 15 is 0 Å². The molecule has 3 aromatic carbocycles. The minimum absolute atomic E-state index is 0.0227. The Morgan fingerprint density at radius 3 is 2.52 bits per heavy atom. The number of hydrogen-bond acceptors (Lipinski definition) is 7. The number of anilines is 3. The van der Waals surface area contributed by atoms with E-state index in [1.54, 1.807) is 0 Å². The summed E-state index contributed by atoms with van der Waals surface area (Å²) in [6, 6.07) is 9.81. The van der Waals surface area contributed by atoms with Gasteiger partial charge in [0.1, 0.15) is 29.6 Å². The minimum atomic E-state index is -5.26. The number of hydrogen-bond donors (Lipinski definition) is 2. The maximum absolute atomic E-state index is 13.8. The van der Waals surface area contributed by atoms with Crippen LogP contribution in [-0.4, -0.2) is 41.3 Å². The van der Waals surface area contributed by atoms with Gasteiger partial charge in [-0.3, -0.25) is 24.6 Å². The summed E-state index contributed by atoms with van der Waals surface area (Å²) in [5, 5.41) is 23.2. The lowest BCUT2D eigenvalue weighted by Gasteiger charge is -2.29. The highest BCUT2D eigenvalue weighted by Crippen LogP contribution is 2.47. The number of nitro benzene ring substituents is 1. The molecule has 2 heterocycles. The summed E-state index contributed by atoms with van der Waals surface area (Å²) in [6.45, 7) is -0.365. The number of para-hydroxylation sites is 1. The zero-order chi connectivity index (χ0) is 28.8. The summed E-state index contributed by atoms with van der Waals surface area (Å²) in [4.78, 5) is 35.0. The molecular formula is C26H19F4N3O7. The first kappa shape index (κ1) is 26.7. The first-order valence-corrected chi connectivity index (χ1v) is 11.8. The Balaban J connectivity index is 1.53. The number of carbonyl (C=O) groups excluding carboxylic acids is 1. The van der Waals surface area contributed by atoms with Crippen LogP contribution in [-0.2, 0) is 9.59 Å². The maximum Gasteiger partial charge on any atom is 0.471 e. The molecule has 1 amide bonds. The number of nitrogens with zero attached hydrogens (tertiary/aromatic N) is 2. The molecule has 0 spiro atoms. The van der Waals surface area contributed by atoms with Crippen molar-refractivity contribution in [2.24, 2.45) is 0 Å².